The van der Waals surface area contributed by atoms with Gasteiger partial charge in [-0.05, 0) is 46.5 Å². The summed E-state index contributed by atoms with van der Waals surface area (Å²) in [5, 5.41) is 12.6. The van der Waals surface area contributed by atoms with Crippen LogP contribution in [-0.4, -0.2) is 35.4 Å². The van der Waals surface area contributed by atoms with Gasteiger partial charge in [-0.3, -0.25) is 10.1 Å². The molecule has 0 heterocycles. The highest BCUT2D eigenvalue weighted by Crippen LogP contribution is 2.25. The van der Waals surface area contributed by atoms with E-state index in [9.17, 15) is 9.90 Å². The van der Waals surface area contributed by atoms with Crippen LogP contribution in [0, 0.1) is 5.92 Å². The Labute approximate surface area is 123 Å². The van der Waals surface area contributed by atoms with Crippen molar-refractivity contribution >= 4 is 5.97 Å². The summed E-state index contributed by atoms with van der Waals surface area (Å²) < 4.78 is 5.91. The van der Waals surface area contributed by atoms with Crippen molar-refractivity contribution < 1.29 is 14.6 Å². The van der Waals surface area contributed by atoms with Crippen molar-refractivity contribution in [3.05, 3.63) is 0 Å². The van der Waals surface area contributed by atoms with Crippen LogP contribution < -0.4 is 5.32 Å². The van der Waals surface area contributed by atoms with Crippen LogP contribution >= 0.6 is 0 Å². The maximum atomic E-state index is 11.5. The average Bonchev–Trinajstić information content (AvgIpc) is 2.36. The number of hydrogen-bond donors (Lipinski definition) is 2. The van der Waals surface area contributed by atoms with E-state index in [1.165, 1.54) is 32.1 Å². The molecule has 0 bridgehead atoms. The fraction of sp³-hybridized carbons (Fsp3) is 0.938. The minimum absolute atomic E-state index is 0.0377. The summed E-state index contributed by atoms with van der Waals surface area (Å²) in [5.74, 6) is -0.139. The van der Waals surface area contributed by atoms with Crippen LogP contribution in [0.15, 0.2) is 0 Å². The molecule has 0 radical (unpaired) electrons. The fourth-order valence-corrected chi connectivity index (χ4v) is 3.13. The highest BCUT2D eigenvalue weighted by molar-refractivity contribution is 5.78. The third kappa shape index (κ3) is 5.80. The second-order valence-corrected chi connectivity index (χ2v) is 6.79. The lowest BCUT2D eigenvalue weighted by Gasteiger charge is -2.32. The van der Waals surface area contributed by atoms with Gasteiger partial charge in [-0.25, -0.2) is 0 Å². The molecular weight excluding hydrogens is 254 g/mol. The van der Waals surface area contributed by atoms with Crippen molar-refractivity contribution in [3.8, 4) is 0 Å². The summed E-state index contributed by atoms with van der Waals surface area (Å²) in [6.07, 6.45) is 6.94. The van der Waals surface area contributed by atoms with E-state index in [0.29, 0.717) is 12.3 Å². The van der Waals surface area contributed by atoms with Gasteiger partial charge in [0.25, 0.3) is 0 Å². The van der Waals surface area contributed by atoms with Crippen LogP contribution in [0.2, 0.25) is 0 Å². The van der Waals surface area contributed by atoms with Crippen molar-refractivity contribution in [2.24, 2.45) is 5.92 Å². The maximum Gasteiger partial charge on any atom is 0.323 e. The van der Waals surface area contributed by atoms with Gasteiger partial charge in [0.2, 0.25) is 0 Å². The number of nitrogens with one attached hydrogen (secondary N) is 1. The van der Waals surface area contributed by atoms with Gasteiger partial charge in [0.05, 0.1) is 6.10 Å². The van der Waals surface area contributed by atoms with E-state index in [1.54, 1.807) is 6.92 Å². The van der Waals surface area contributed by atoms with Crippen molar-refractivity contribution in [2.45, 2.75) is 83.9 Å². The van der Waals surface area contributed by atoms with Crippen molar-refractivity contribution in [1.29, 1.82) is 0 Å². The molecule has 0 aromatic carbocycles. The molecule has 0 aromatic rings. The summed E-state index contributed by atoms with van der Waals surface area (Å²) >= 11 is 0. The molecule has 118 valence electrons. The first-order chi connectivity index (χ1) is 9.33. The summed E-state index contributed by atoms with van der Waals surface area (Å²) in [4.78, 5) is 11.5. The van der Waals surface area contributed by atoms with Gasteiger partial charge in [-0.1, -0.05) is 19.3 Å². The first-order valence-corrected chi connectivity index (χ1v) is 7.96. The molecule has 1 fully saturated rings. The molecule has 0 spiro atoms. The Morgan fingerprint density at radius 3 is 2.40 bits per heavy atom. The number of carboxylic acids is 1. The third-order valence-corrected chi connectivity index (χ3v) is 4.12. The molecule has 4 nitrogen and oxygen atoms in total. The second-order valence-electron chi connectivity index (χ2n) is 6.79. The van der Waals surface area contributed by atoms with Gasteiger partial charge >= 0.3 is 5.97 Å². The normalized spacial score (nSPS) is 21.6. The van der Waals surface area contributed by atoms with E-state index in [-0.39, 0.29) is 12.1 Å². The molecule has 1 aliphatic carbocycles. The second kappa shape index (κ2) is 7.99. The molecule has 1 saturated carbocycles. The quantitative estimate of drug-likeness (QED) is 0.719. The molecule has 2 atom stereocenters. The van der Waals surface area contributed by atoms with E-state index in [2.05, 4.69) is 5.32 Å². The monoisotopic (exact) mass is 285 g/mol. The highest BCUT2D eigenvalue weighted by atomic mass is 16.5. The zero-order chi connectivity index (χ0) is 15.2. The van der Waals surface area contributed by atoms with Crippen LogP contribution in [-0.2, 0) is 9.53 Å². The smallest absolute Gasteiger partial charge is 0.323 e. The summed E-state index contributed by atoms with van der Waals surface area (Å²) in [7, 11) is 0. The molecule has 0 aromatic heterocycles. The topological polar surface area (TPSA) is 58.6 Å². The van der Waals surface area contributed by atoms with Gasteiger partial charge in [-0.15, -0.1) is 0 Å². The molecule has 4 heteroatoms. The Morgan fingerprint density at radius 1 is 1.30 bits per heavy atom. The summed E-state index contributed by atoms with van der Waals surface area (Å²) in [6.45, 7) is 8.43. The lowest BCUT2D eigenvalue weighted by molar-refractivity contribution is -0.146. The molecule has 20 heavy (non-hydrogen) atoms. The van der Waals surface area contributed by atoms with Crippen molar-refractivity contribution in [3.63, 3.8) is 0 Å². The summed E-state index contributed by atoms with van der Waals surface area (Å²) in [6, 6.07) is 0.140. The average molecular weight is 285 g/mol. The van der Waals surface area contributed by atoms with Crippen LogP contribution in [0.4, 0.5) is 0 Å². The number of carboxylic acid groups (broad SMARTS) is 1. The number of ether oxygens (including phenoxy) is 1. The van der Waals surface area contributed by atoms with Crippen molar-refractivity contribution in [2.75, 3.05) is 6.61 Å². The first-order valence-electron chi connectivity index (χ1n) is 7.96. The van der Waals surface area contributed by atoms with E-state index >= 15 is 0 Å². The van der Waals surface area contributed by atoms with Gasteiger partial charge in [0.15, 0.2) is 0 Å². The first kappa shape index (κ1) is 17.4. The Morgan fingerprint density at radius 2 is 1.90 bits per heavy atom. The number of aliphatic carboxylic acids is 1. The lowest BCUT2D eigenvalue weighted by Crippen LogP contribution is -2.54. The van der Waals surface area contributed by atoms with Gasteiger partial charge in [0, 0.05) is 19.1 Å². The van der Waals surface area contributed by atoms with Gasteiger partial charge in [0.1, 0.15) is 5.54 Å². The Kier molecular flexibility index (Phi) is 6.96. The largest absolute Gasteiger partial charge is 0.480 e. The molecule has 0 saturated heterocycles. The van der Waals surface area contributed by atoms with Crippen molar-refractivity contribution in [1.82, 2.24) is 5.32 Å². The molecule has 2 unspecified atom stereocenters. The standard InChI is InChI=1S/C16H31NO3/c1-12(2)17-16(4,15(18)19)10-13(3)20-11-14-8-6-5-7-9-14/h12-14,17H,5-11H2,1-4H3,(H,18,19). The predicted octanol–water partition coefficient (Wildman–Crippen LogP) is 3.20. The molecule has 1 aliphatic rings. The maximum absolute atomic E-state index is 11.5. The van der Waals surface area contributed by atoms with Gasteiger partial charge in [-0.2, -0.15) is 0 Å². The number of carbonyl (C=O) groups is 1. The number of hydrogen-bond acceptors (Lipinski definition) is 3. The predicted molar refractivity (Wildman–Crippen MR) is 80.9 cm³/mol. The Balaban J connectivity index is 2.40. The molecule has 1 rings (SSSR count). The Bertz CT molecular complexity index is 300. The van der Waals surface area contributed by atoms with Crippen LogP contribution in [0.3, 0.4) is 0 Å². The van der Waals surface area contributed by atoms with E-state index in [1.807, 2.05) is 20.8 Å². The minimum atomic E-state index is -0.917. The highest BCUT2D eigenvalue weighted by Gasteiger charge is 2.35. The van der Waals surface area contributed by atoms with E-state index in [0.717, 1.165) is 6.61 Å². The molecule has 0 aliphatic heterocycles. The zero-order valence-corrected chi connectivity index (χ0v) is 13.4. The summed E-state index contributed by atoms with van der Waals surface area (Å²) in [5.41, 5.74) is -0.917. The SMILES string of the molecule is CC(C)NC(C)(CC(C)OCC1CCCCC1)C(=O)O. The van der Waals surface area contributed by atoms with Crippen LogP contribution in [0.5, 0.6) is 0 Å². The Hall–Kier alpha value is -0.610. The minimum Gasteiger partial charge on any atom is -0.480 e. The molecular formula is C16H31NO3. The number of rotatable bonds is 8. The molecule has 2 N–H and O–H groups in total. The zero-order valence-electron chi connectivity index (χ0n) is 13.4. The van der Waals surface area contributed by atoms with E-state index in [4.69, 9.17) is 4.74 Å². The lowest BCUT2D eigenvalue weighted by atomic mass is 9.90. The fourth-order valence-electron chi connectivity index (χ4n) is 3.13. The third-order valence-electron chi connectivity index (χ3n) is 4.12. The van der Waals surface area contributed by atoms with Crippen LogP contribution in [0.1, 0.15) is 66.2 Å². The van der Waals surface area contributed by atoms with Crippen LogP contribution in [0.25, 0.3) is 0 Å². The van der Waals surface area contributed by atoms with Gasteiger partial charge < -0.3 is 9.84 Å². The molecule has 0 amide bonds. The van der Waals surface area contributed by atoms with E-state index < -0.39 is 11.5 Å².